The number of aliphatic hydroxyl groups is 1. The fourth-order valence-corrected chi connectivity index (χ4v) is 6.19. The molecule has 2 aliphatic heterocycles. The number of benzene rings is 1. The van der Waals surface area contributed by atoms with Crippen molar-refractivity contribution in [1.29, 1.82) is 0 Å². The van der Waals surface area contributed by atoms with Gasteiger partial charge in [-0.3, -0.25) is 19.4 Å². The molecule has 1 aliphatic carbocycles. The molecule has 2 fully saturated rings. The van der Waals surface area contributed by atoms with Crippen molar-refractivity contribution in [3.63, 3.8) is 0 Å². The molecule has 3 heterocycles. The Morgan fingerprint density at radius 3 is 2.48 bits per heavy atom. The lowest BCUT2D eigenvalue weighted by Crippen LogP contribution is -2.60. The summed E-state index contributed by atoms with van der Waals surface area (Å²) in [6.45, 7) is 7.69. The minimum Gasteiger partial charge on any atom is -0.387 e. The number of carbonyl (C=O) groups excluding carboxylic acids is 4. The molecule has 1 saturated heterocycles. The summed E-state index contributed by atoms with van der Waals surface area (Å²) in [5, 5.41) is 26.6. The SMILES string of the molecule is CCC[C@H](NC(=O)[C@@H]1CC2(CC(c3ccccc3)=NO2)CN1C(=O)[C@@H](NC(=O)NCc1cccnc1)C(C)(C)C)C(O)C(=O)NC1CC1. The first-order chi connectivity index (χ1) is 22.9. The second-order valence-corrected chi connectivity index (χ2v) is 14.2. The minimum absolute atomic E-state index is 0.0506. The molecule has 5 N–H and O–H groups in total. The highest BCUT2D eigenvalue weighted by atomic mass is 16.7. The lowest BCUT2D eigenvalue weighted by atomic mass is 9.85. The van der Waals surface area contributed by atoms with Gasteiger partial charge in [0.2, 0.25) is 11.8 Å². The Morgan fingerprint density at radius 1 is 1.08 bits per heavy atom. The summed E-state index contributed by atoms with van der Waals surface area (Å²) in [6, 6.07) is 9.81. The van der Waals surface area contributed by atoms with Crippen molar-refractivity contribution in [3.05, 3.63) is 66.0 Å². The molecule has 13 heteroatoms. The van der Waals surface area contributed by atoms with E-state index < -0.39 is 59.0 Å². The molecular weight excluding hydrogens is 614 g/mol. The maximum absolute atomic E-state index is 14.5. The van der Waals surface area contributed by atoms with Crippen LogP contribution in [0.2, 0.25) is 0 Å². The van der Waals surface area contributed by atoms with Crippen LogP contribution >= 0.6 is 0 Å². The van der Waals surface area contributed by atoms with E-state index in [1.165, 1.54) is 4.90 Å². The zero-order chi connectivity index (χ0) is 34.5. The average molecular weight is 662 g/mol. The number of nitrogens with one attached hydrogen (secondary N) is 4. The third-order valence-corrected chi connectivity index (χ3v) is 9.00. The molecule has 1 spiro atoms. The lowest BCUT2D eigenvalue weighted by molar-refractivity contribution is -0.143. The van der Waals surface area contributed by atoms with Crippen LogP contribution in [0.5, 0.6) is 0 Å². The maximum Gasteiger partial charge on any atom is 0.315 e. The topological polar surface area (TPSA) is 174 Å². The molecule has 0 radical (unpaired) electrons. The van der Waals surface area contributed by atoms with E-state index in [-0.39, 0.29) is 25.6 Å². The normalized spacial score (nSPS) is 22.2. The predicted octanol–water partition coefficient (Wildman–Crippen LogP) is 2.38. The third-order valence-electron chi connectivity index (χ3n) is 9.00. The van der Waals surface area contributed by atoms with E-state index in [2.05, 4.69) is 31.4 Å². The minimum atomic E-state index is -1.45. The van der Waals surface area contributed by atoms with Crippen LogP contribution in [-0.4, -0.2) is 86.9 Å². The Hall–Kier alpha value is -4.52. The van der Waals surface area contributed by atoms with Crippen molar-refractivity contribution < 1.29 is 29.1 Å². The van der Waals surface area contributed by atoms with Gasteiger partial charge in [0.05, 0.1) is 18.3 Å². The molecule has 2 aromatic rings. The van der Waals surface area contributed by atoms with Crippen molar-refractivity contribution in [3.8, 4) is 0 Å². The van der Waals surface area contributed by atoms with Crippen molar-refractivity contribution >= 4 is 29.5 Å². The first kappa shape index (κ1) is 34.8. The second-order valence-electron chi connectivity index (χ2n) is 14.2. The Bertz CT molecular complexity index is 1490. The number of amides is 5. The van der Waals surface area contributed by atoms with Gasteiger partial charge in [-0.2, -0.15) is 0 Å². The number of aliphatic hydroxyl groups excluding tert-OH is 1. The van der Waals surface area contributed by atoms with Crippen LogP contribution < -0.4 is 21.3 Å². The van der Waals surface area contributed by atoms with Gasteiger partial charge in [0.15, 0.2) is 11.7 Å². The number of hydrogen-bond acceptors (Lipinski definition) is 8. The number of aromatic nitrogens is 1. The van der Waals surface area contributed by atoms with Gasteiger partial charge in [-0.15, -0.1) is 0 Å². The smallest absolute Gasteiger partial charge is 0.315 e. The van der Waals surface area contributed by atoms with Gasteiger partial charge < -0.3 is 36.1 Å². The van der Waals surface area contributed by atoms with E-state index in [1.54, 1.807) is 18.5 Å². The number of pyridine rings is 1. The first-order valence-electron chi connectivity index (χ1n) is 16.7. The van der Waals surface area contributed by atoms with Gasteiger partial charge in [0.1, 0.15) is 12.1 Å². The van der Waals surface area contributed by atoms with Crippen LogP contribution in [-0.2, 0) is 25.8 Å². The van der Waals surface area contributed by atoms with Crippen LogP contribution in [0.4, 0.5) is 4.79 Å². The Morgan fingerprint density at radius 2 is 1.83 bits per heavy atom. The number of carbonyl (C=O) groups is 4. The summed E-state index contributed by atoms with van der Waals surface area (Å²) in [6.07, 6.45) is 5.04. The Labute approximate surface area is 281 Å². The van der Waals surface area contributed by atoms with Gasteiger partial charge >= 0.3 is 6.03 Å². The van der Waals surface area contributed by atoms with Crippen LogP contribution in [0.15, 0.2) is 60.0 Å². The first-order valence-corrected chi connectivity index (χ1v) is 16.7. The summed E-state index contributed by atoms with van der Waals surface area (Å²) in [5.74, 6) is -1.49. The molecule has 0 bridgehead atoms. The number of oxime groups is 1. The monoisotopic (exact) mass is 661 g/mol. The third kappa shape index (κ3) is 8.49. The average Bonchev–Trinajstić information content (AvgIpc) is 3.66. The molecule has 48 heavy (non-hydrogen) atoms. The standard InChI is InChI=1S/C35H47N7O6/c1-5-10-25(28(43)31(45)38-24-14-15-24)39-30(44)27-18-35(17-26(41-48-35)23-12-7-6-8-13-23)21-42(27)32(46)29(34(2,3)4)40-33(47)37-20-22-11-9-16-36-19-22/h6-9,11-13,16,19,24-25,27-29,43H,5,10,14-15,17-18,20-21H2,1-4H3,(H,38,45)(H,39,44)(H2,37,40,47)/t25-,27-,28?,29+,35?/m0/s1. The summed E-state index contributed by atoms with van der Waals surface area (Å²) in [7, 11) is 0. The van der Waals surface area contributed by atoms with E-state index >= 15 is 0 Å². The highest BCUT2D eigenvalue weighted by molar-refractivity contribution is 6.02. The van der Waals surface area contributed by atoms with Crippen molar-refractivity contribution in [2.24, 2.45) is 10.6 Å². The summed E-state index contributed by atoms with van der Waals surface area (Å²) in [4.78, 5) is 66.0. The van der Waals surface area contributed by atoms with Crippen molar-refractivity contribution in [2.45, 2.75) is 109 Å². The molecule has 13 nitrogen and oxygen atoms in total. The zero-order valence-electron chi connectivity index (χ0n) is 28.1. The van der Waals surface area contributed by atoms with Gasteiger partial charge in [0, 0.05) is 37.8 Å². The number of rotatable bonds is 12. The molecular formula is C35H47N7O6. The van der Waals surface area contributed by atoms with Crippen molar-refractivity contribution in [1.82, 2.24) is 31.2 Å². The molecule has 5 rings (SSSR count). The molecule has 2 unspecified atom stereocenters. The fraction of sp³-hybridized carbons (Fsp3) is 0.543. The highest BCUT2D eigenvalue weighted by Gasteiger charge is 2.55. The van der Waals surface area contributed by atoms with Crippen LogP contribution in [0, 0.1) is 5.41 Å². The van der Waals surface area contributed by atoms with Gasteiger partial charge in [0.25, 0.3) is 5.91 Å². The number of hydrogen-bond donors (Lipinski definition) is 5. The van der Waals surface area contributed by atoms with Crippen LogP contribution in [0.25, 0.3) is 0 Å². The maximum atomic E-state index is 14.5. The molecule has 3 aliphatic rings. The fourth-order valence-electron chi connectivity index (χ4n) is 6.19. The molecule has 1 aromatic heterocycles. The van der Waals surface area contributed by atoms with Gasteiger partial charge in [-0.25, -0.2) is 4.79 Å². The van der Waals surface area contributed by atoms with Gasteiger partial charge in [-0.1, -0.05) is 75.7 Å². The summed E-state index contributed by atoms with van der Waals surface area (Å²) in [5.41, 5.74) is 0.680. The van der Waals surface area contributed by atoms with Gasteiger partial charge in [-0.05, 0) is 41.9 Å². The molecule has 5 amide bonds. The van der Waals surface area contributed by atoms with E-state index in [4.69, 9.17) is 4.84 Å². The Balaban J connectivity index is 1.37. The highest BCUT2D eigenvalue weighted by Crippen LogP contribution is 2.40. The zero-order valence-corrected chi connectivity index (χ0v) is 28.1. The summed E-state index contributed by atoms with van der Waals surface area (Å²) >= 11 is 0. The summed E-state index contributed by atoms with van der Waals surface area (Å²) < 4.78 is 0. The molecule has 1 saturated carbocycles. The van der Waals surface area contributed by atoms with Crippen LogP contribution in [0.3, 0.4) is 0 Å². The number of likely N-dealkylation sites (tertiary alicyclic amines) is 1. The number of urea groups is 1. The lowest BCUT2D eigenvalue weighted by Gasteiger charge is -2.36. The number of nitrogens with zero attached hydrogens (tertiary/aromatic N) is 3. The quantitative estimate of drug-likeness (QED) is 0.232. The Kier molecular flexibility index (Phi) is 10.7. The second kappa shape index (κ2) is 14.7. The molecule has 1 aromatic carbocycles. The van der Waals surface area contributed by atoms with E-state index in [0.29, 0.717) is 25.0 Å². The largest absolute Gasteiger partial charge is 0.387 e. The van der Waals surface area contributed by atoms with Crippen LogP contribution in [0.1, 0.15) is 77.3 Å². The predicted molar refractivity (Wildman–Crippen MR) is 178 cm³/mol. The van der Waals surface area contributed by atoms with E-state index in [9.17, 15) is 24.3 Å². The molecule has 5 atom stereocenters. The van der Waals surface area contributed by atoms with Crippen molar-refractivity contribution in [2.75, 3.05) is 6.54 Å². The van der Waals surface area contributed by atoms with E-state index in [0.717, 1.165) is 24.0 Å². The molecule has 258 valence electrons. The van der Waals surface area contributed by atoms with E-state index in [1.807, 2.05) is 64.1 Å².